The van der Waals surface area contributed by atoms with Gasteiger partial charge >= 0.3 is 6.09 Å². The van der Waals surface area contributed by atoms with Crippen molar-refractivity contribution in [3.8, 4) is 86.2 Å². The van der Waals surface area contributed by atoms with Gasteiger partial charge < -0.3 is 84.1 Å². The fraction of sp³-hybridized carbons (Fsp3) is 0.162. The maximum atomic E-state index is 12.9. The van der Waals surface area contributed by atoms with E-state index in [-0.39, 0.29) is 109 Å². The average molecular weight is 1160 g/mol. The van der Waals surface area contributed by atoms with E-state index in [1.807, 2.05) is 48.5 Å². The predicted molar refractivity (Wildman–Crippen MR) is 319 cm³/mol. The van der Waals surface area contributed by atoms with E-state index in [4.69, 9.17) is 37.9 Å². The van der Waals surface area contributed by atoms with Gasteiger partial charge in [0.2, 0.25) is 0 Å². The normalized spacial score (nSPS) is 11.1. The lowest BCUT2D eigenvalue weighted by molar-refractivity contribution is 0.115. The highest BCUT2D eigenvalue weighted by Crippen LogP contribution is 2.37. The van der Waals surface area contributed by atoms with E-state index in [1.54, 1.807) is 54.6 Å². The lowest BCUT2D eigenvalue weighted by Gasteiger charge is -2.16. The van der Waals surface area contributed by atoms with Crippen molar-refractivity contribution in [3.63, 3.8) is 0 Å². The summed E-state index contributed by atoms with van der Waals surface area (Å²) in [5.41, 5.74) is 4.16. The number of benzene rings is 10. The molecule has 18 nitrogen and oxygen atoms in total. The van der Waals surface area contributed by atoms with Gasteiger partial charge in [-0.3, -0.25) is 0 Å². The van der Waals surface area contributed by atoms with Gasteiger partial charge in [-0.05, 0) is 147 Å². The number of ether oxygens (including phenoxy) is 8. The molecule has 0 aliphatic rings. The molecule has 0 heterocycles. The van der Waals surface area contributed by atoms with E-state index in [9.17, 15) is 45.6 Å². The highest BCUT2D eigenvalue weighted by Gasteiger charge is 2.15. The molecular formula is C68H61NO17. The van der Waals surface area contributed by atoms with Crippen molar-refractivity contribution in [3.05, 3.63) is 221 Å². The van der Waals surface area contributed by atoms with Gasteiger partial charge in [-0.2, -0.15) is 0 Å². The Balaban J connectivity index is 0.854. The minimum atomic E-state index is -0.524. The molecule has 440 valence electrons. The van der Waals surface area contributed by atoms with E-state index >= 15 is 0 Å². The summed E-state index contributed by atoms with van der Waals surface area (Å²) >= 11 is 0. The van der Waals surface area contributed by atoms with Gasteiger partial charge in [0.05, 0.1) is 6.61 Å². The van der Waals surface area contributed by atoms with Crippen molar-refractivity contribution in [2.75, 3.05) is 13.2 Å². The molecule has 0 saturated carbocycles. The van der Waals surface area contributed by atoms with Crippen LogP contribution in [0.25, 0.3) is 21.5 Å². The molecule has 10 aromatic carbocycles. The van der Waals surface area contributed by atoms with Crippen molar-refractivity contribution in [1.82, 2.24) is 5.32 Å². The van der Waals surface area contributed by atoms with Crippen molar-refractivity contribution < 1.29 is 83.5 Å². The van der Waals surface area contributed by atoms with Gasteiger partial charge in [-0.15, -0.1) is 0 Å². The average Bonchev–Trinajstić information content (AvgIpc) is 1.35. The topological polar surface area (TPSA) is 265 Å². The first-order valence-corrected chi connectivity index (χ1v) is 27.4. The summed E-state index contributed by atoms with van der Waals surface area (Å²) in [7, 11) is 0. The fourth-order valence-electron chi connectivity index (χ4n) is 9.60. The van der Waals surface area contributed by atoms with Gasteiger partial charge in [0.1, 0.15) is 126 Å². The Kier molecular flexibility index (Phi) is 18.6. The van der Waals surface area contributed by atoms with Crippen molar-refractivity contribution in [2.24, 2.45) is 0 Å². The van der Waals surface area contributed by atoms with Crippen molar-refractivity contribution >= 4 is 27.6 Å². The molecule has 10 aromatic rings. The first-order valence-electron chi connectivity index (χ1n) is 27.4. The van der Waals surface area contributed by atoms with Gasteiger partial charge in [0.15, 0.2) is 0 Å². The number of amides is 1. The third-order valence-corrected chi connectivity index (χ3v) is 13.3. The van der Waals surface area contributed by atoms with E-state index in [1.165, 1.54) is 72.8 Å². The summed E-state index contributed by atoms with van der Waals surface area (Å²) in [6.45, 7) is 0.741. The first-order chi connectivity index (χ1) is 41.7. The zero-order chi connectivity index (χ0) is 59.9. The maximum absolute atomic E-state index is 12.9. The van der Waals surface area contributed by atoms with Crippen LogP contribution in [-0.4, -0.2) is 60.1 Å². The fourth-order valence-corrected chi connectivity index (χ4v) is 9.60. The van der Waals surface area contributed by atoms with E-state index in [2.05, 4.69) is 11.4 Å². The quantitative estimate of drug-likeness (QED) is 0.0180. The third kappa shape index (κ3) is 16.7. The maximum Gasteiger partial charge on any atom is 0.407 e. The Morgan fingerprint density at radius 2 is 0.663 bits per heavy atom. The van der Waals surface area contributed by atoms with E-state index < -0.39 is 6.09 Å². The lowest BCUT2D eigenvalue weighted by Crippen LogP contribution is -2.25. The van der Waals surface area contributed by atoms with Crippen LogP contribution < -0.4 is 33.7 Å². The lowest BCUT2D eigenvalue weighted by atomic mass is 9.97. The summed E-state index contributed by atoms with van der Waals surface area (Å²) in [4.78, 5) is 12.9. The van der Waals surface area contributed by atoms with Crippen molar-refractivity contribution in [1.29, 1.82) is 0 Å². The second kappa shape index (κ2) is 27.5. The molecule has 0 aliphatic heterocycles. The Hall–Kier alpha value is -10.9. The Labute approximate surface area is 494 Å². The molecule has 9 N–H and O–H groups in total. The Morgan fingerprint density at radius 3 is 1.07 bits per heavy atom. The highest BCUT2D eigenvalue weighted by molar-refractivity contribution is 6.02. The standard InChI is InChI=1S/C68H61NO17/c70-50-13-42(14-51(71)26-50)36-80-58-22-47(23-59(30-58)81-37-43-15-52(72)27-53(73)16-43)40-82-60-21-46(35-79-12-6-5-11-69-68(78)85-41-67-65-9-3-1-7-48(65)25-49-8-2-4-10-66(49)67)24-63(32-60)86-64-33-61(83-38-44-17-54(74)28-55(75)18-44)31-62(34-64)84-39-45-19-56(76)29-57(77)20-45/h1-4,7-10,13-34,70-77H,5-6,11-12,35-41H2,(H,69,78). The van der Waals surface area contributed by atoms with Crippen LogP contribution in [0.4, 0.5) is 4.79 Å². The molecule has 0 aliphatic carbocycles. The van der Waals surface area contributed by atoms with Crippen LogP contribution in [0.2, 0.25) is 0 Å². The number of phenolic OH excluding ortho intramolecular Hbond substituents is 8. The number of nitrogens with one attached hydrogen (secondary N) is 1. The zero-order valence-electron chi connectivity index (χ0n) is 46.4. The second-order valence-corrected chi connectivity index (χ2v) is 20.3. The molecule has 1 amide bonds. The first kappa shape index (κ1) is 58.4. The smallest absolute Gasteiger partial charge is 0.407 e. The summed E-state index contributed by atoms with van der Waals surface area (Å²) in [6, 6.07) is 49.9. The number of unbranched alkanes of at least 4 members (excludes halogenated alkanes) is 1. The second-order valence-electron chi connectivity index (χ2n) is 20.3. The van der Waals surface area contributed by atoms with E-state index in [0.717, 1.165) is 27.1 Å². The number of carbonyl (C=O) groups is 1. The number of fused-ring (bicyclic) bond motifs is 2. The summed E-state index contributed by atoms with van der Waals surface area (Å²) < 4.78 is 49.5. The van der Waals surface area contributed by atoms with Crippen LogP contribution in [-0.2, 0) is 55.7 Å². The summed E-state index contributed by atoms with van der Waals surface area (Å²) in [5, 5.41) is 88.0. The molecule has 0 bridgehead atoms. The van der Waals surface area contributed by atoms with Crippen LogP contribution >= 0.6 is 0 Å². The largest absolute Gasteiger partial charge is 0.508 e. The molecular weight excluding hydrogens is 1100 g/mol. The third-order valence-electron chi connectivity index (χ3n) is 13.3. The molecule has 0 atom stereocenters. The molecule has 0 unspecified atom stereocenters. The van der Waals surface area contributed by atoms with Gasteiger partial charge in [0.25, 0.3) is 0 Å². The monoisotopic (exact) mass is 1160 g/mol. The number of phenols is 8. The van der Waals surface area contributed by atoms with Crippen LogP contribution in [0.1, 0.15) is 51.8 Å². The number of carbonyl (C=O) groups excluding carboxylic acids is 1. The number of hydrogen-bond acceptors (Lipinski definition) is 17. The molecule has 10 rings (SSSR count). The van der Waals surface area contributed by atoms with Gasteiger partial charge in [-0.25, -0.2) is 4.79 Å². The molecule has 0 fully saturated rings. The highest BCUT2D eigenvalue weighted by atomic mass is 16.5. The minimum absolute atomic E-state index is 0.0262. The number of rotatable bonds is 26. The molecule has 86 heavy (non-hydrogen) atoms. The van der Waals surface area contributed by atoms with Crippen LogP contribution in [0.15, 0.2) is 182 Å². The van der Waals surface area contributed by atoms with Crippen LogP contribution in [0.5, 0.6) is 86.2 Å². The Morgan fingerprint density at radius 1 is 0.337 bits per heavy atom. The molecule has 0 spiro atoms. The SMILES string of the molecule is O=C(NCCCCOCc1cc(OCc2cc(OCc3cc(O)cc(O)c3)cc(OCc3cc(O)cc(O)c3)c2)cc(Oc2cc(OCc3cc(O)cc(O)c3)cc(OCc3cc(O)cc(O)c3)c2)c1)OCc1c2ccccc2cc2ccccc12. The molecule has 0 radical (unpaired) electrons. The summed E-state index contributed by atoms with van der Waals surface area (Å²) in [6.07, 6.45) is 0.687. The molecule has 0 saturated heterocycles. The van der Waals surface area contributed by atoms with Gasteiger partial charge in [0, 0.05) is 73.3 Å². The zero-order valence-corrected chi connectivity index (χ0v) is 46.4. The Bertz CT molecular complexity index is 3740. The summed E-state index contributed by atoms with van der Waals surface area (Å²) in [5.74, 6) is 1.13. The van der Waals surface area contributed by atoms with E-state index in [0.29, 0.717) is 82.4 Å². The predicted octanol–water partition coefficient (Wildman–Crippen LogP) is 13.5. The van der Waals surface area contributed by atoms with Crippen LogP contribution in [0.3, 0.4) is 0 Å². The number of hydrogen-bond donors (Lipinski definition) is 9. The number of alkyl carbamates (subject to hydrolysis) is 1. The number of aromatic hydroxyl groups is 8. The molecule has 0 aromatic heterocycles. The molecule has 18 heteroatoms. The van der Waals surface area contributed by atoms with Gasteiger partial charge in [-0.1, -0.05) is 48.5 Å². The van der Waals surface area contributed by atoms with Crippen LogP contribution in [0, 0.1) is 0 Å². The minimum Gasteiger partial charge on any atom is -0.508 e. The van der Waals surface area contributed by atoms with Crippen molar-refractivity contribution in [2.45, 2.75) is 59.1 Å².